The summed E-state index contributed by atoms with van der Waals surface area (Å²) < 4.78 is 5.08. The average Bonchev–Trinajstić information content (AvgIpc) is 3.17. The van der Waals surface area contributed by atoms with E-state index in [0.717, 1.165) is 32.5 Å². The van der Waals surface area contributed by atoms with Crippen LogP contribution < -0.4 is 10.6 Å². The van der Waals surface area contributed by atoms with Crippen molar-refractivity contribution in [2.24, 2.45) is 4.99 Å². The summed E-state index contributed by atoms with van der Waals surface area (Å²) >= 11 is 0. The molecule has 1 unspecified atom stereocenters. The fourth-order valence-electron chi connectivity index (χ4n) is 3.81. The second kappa shape index (κ2) is 13.9. The molecule has 174 valence electrons. The Balaban J connectivity index is 0.00000450. The molecule has 0 aromatic carbocycles. The first kappa shape index (κ1) is 26.7. The van der Waals surface area contributed by atoms with E-state index in [1.807, 2.05) is 6.92 Å². The highest BCUT2D eigenvalue weighted by atomic mass is 127. The first-order chi connectivity index (χ1) is 13.9. The first-order valence-corrected chi connectivity index (χ1v) is 10.8. The van der Waals surface area contributed by atoms with Crippen molar-refractivity contribution in [1.29, 1.82) is 0 Å². The molecule has 9 nitrogen and oxygen atoms in total. The number of aliphatic imine (C=N–C) groups is 1. The molecule has 0 radical (unpaired) electrons. The highest BCUT2D eigenvalue weighted by molar-refractivity contribution is 14.0. The molecule has 2 rings (SSSR count). The highest BCUT2D eigenvalue weighted by Gasteiger charge is 2.26. The van der Waals surface area contributed by atoms with Gasteiger partial charge in [-0.05, 0) is 45.7 Å². The van der Waals surface area contributed by atoms with Crippen molar-refractivity contribution in [3.63, 3.8) is 0 Å². The van der Waals surface area contributed by atoms with Crippen LogP contribution in [0, 0.1) is 0 Å². The number of hydrogen-bond donors (Lipinski definition) is 2. The van der Waals surface area contributed by atoms with E-state index in [2.05, 4.69) is 27.4 Å². The van der Waals surface area contributed by atoms with Crippen LogP contribution in [0.1, 0.15) is 39.5 Å². The van der Waals surface area contributed by atoms with E-state index in [0.29, 0.717) is 31.7 Å². The van der Waals surface area contributed by atoms with Crippen molar-refractivity contribution >= 4 is 41.9 Å². The Bertz CT molecular complexity index is 567. The molecular formula is C20H39IN6O3. The summed E-state index contributed by atoms with van der Waals surface area (Å²) in [6.45, 7) is 8.86. The van der Waals surface area contributed by atoms with Gasteiger partial charge in [0.15, 0.2) is 5.96 Å². The lowest BCUT2D eigenvalue weighted by atomic mass is 10.1. The van der Waals surface area contributed by atoms with E-state index in [1.54, 1.807) is 23.9 Å². The number of carbonyl (C=O) groups is 2. The van der Waals surface area contributed by atoms with Crippen molar-refractivity contribution in [1.82, 2.24) is 25.3 Å². The summed E-state index contributed by atoms with van der Waals surface area (Å²) in [7, 11) is 3.47. The van der Waals surface area contributed by atoms with Crippen LogP contribution in [0.15, 0.2) is 4.99 Å². The van der Waals surface area contributed by atoms with E-state index >= 15 is 0 Å². The van der Waals surface area contributed by atoms with Crippen molar-refractivity contribution in [2.45, 2.75) is 51.6 Å². The fourth-order valence-corrected chi connectivity index (χ4v) is 3.81. The number of likely N-dealkylation sites (N-methyl/N-ethyl adjacent to an activating group) is 2. The third-order valence-corrected chi connectivity index (χ3v) is 5.64. The molecule has 0 saturated carbocycles. The number of nitrogens with zero attached hydrogens (tertiary/aromatic N) is 4. The first-order valence-electron chi connectivity index (χ1n) is 10.8. The van der Waals surface area contributed by atoms with Crippen molar-refractivity contribution in [2.75, 3.05) is 60.0 Å². The Morgan fingerprint density at radius 2 is 1.83 bits per heavy atom. The number of guanidine groups is 1. The lowest BCUT2D eigenvalue weighted by Gasteiger charge is -2.33. The predicted molar refractivity (Wildman–Crippen MR) is 129 cm³/mol. The molecule has 2 N–H and O–H groups in total. The maximum atomic E-state index is 12.0. The Morgan fingerprint density at radius 1 is 1.13 bits per heavy atom. The van der Waals surface area contributed by atoms with E-state index in [1.165, 1.54) is 12.8 Å². The van der Waals surface area contributed by atoms with Crippen LogP contribution in [0.3, 0.4) is 0 Å². The number of amides is 2. The van der Waals surface area contributed by atoms with Gasteiger partial charge in [-0.1, -0.05) is 6.92 Å². The van der Waals surface area contributed by atoms with Gasteiger partial charge < -0.3 is 25.2 Å². The maximum Gasteiger partial charge on any atom is 0.409 e. The molecule has 0 bridgehead atoms. The van der Waals surface area contributed by atoms with Crippen LogP contribution in [0.25, 0.3) is 0 Å². The predicted octanol–water partition coefficient (Wildman–Crippen LogP) is 1.33. The molecule has 2 saturated heterocycles. The number of hydrogen-bond acceptors (Lipinski definition) is 5. The zero-order valence-corrected chi connectivity index (χ0v) is 21.2. The number of halogens is 1. The van der Waals surface area contributed by atoms with Gasteiger partial charge in [0.25, 0.3) is 0 Å². The molecule has 10 heteroatoms. The average molecular weight is 538 g/mol. The van der Waals surface area contributed by atoms with E-state index in [9.17, 15) is 9.59 Å². The molecule has 2 fully saturated rings. The Kier molecular flexibility index (Phi) is 12.4. The summed E-state index contributed by atoms with van der Waals surface area (Å²) in [4.78, 5) is 34.1. The van der Waals surface area contributed by atoms with Gasteiger partial charge in [0.2, 0.25) is 5.91 Å². The molecule has 2 aliphatic rings. The van der Waals surface area contributed by atoms with Gasteiger partial charge in [-0.15, -0.1) is 24.0 Å². The Morgan fingerprint density at radius 3 is 2.43 bits per heavy atom. The molecule has 0 aromatic heterocycles. The quantitative estimate of drug-likeness (QED) is 0.289. The number of nitrogens with one attached hydrogen (secondary N) is 2. The minimum atomic E-state index is -0.240. The monoisotopic (exact) mass is 538 g/mol. The fraction of sp³-hybridized carbons (Fsp3) is 0.850. The van der Waals surface area contributed by atoms with E-state index < -0.39 is 0 Å². The van der Waals surface area contributed by atoms with E-state index in [-0.39, 0.29) is 48.6 Å². The summed E-state index contributed by atoms with van der Waals surface area (Å²) in [5.41, 5.74) is 0. The summed E-state index contributed by atoms with van der Waals surface area (Å²) in [5.74, 6) is 0.650. The number of ether oxygens (including phenoxy) is 1. The standard InChI is InChI=1S/C20H38N6O3.HI/c1-5-25-11-7-8-17(25)14-21-19(22-15-18(27)24(3)4)23-16-9-12-26(13-10-16)20(28)29-6-2;/h16-17H,5-15H2,1-4H3,(H2,21,22,23);1H. The minimum absolute atomic E-state index is 0. The van der Waals surface area contributed by atoms with Gasteiger partial charge in [-0.25, -0.2) is 9.79 Å². The zero-order valence-electron chi connectivity index (χ0n) is 18.9. The molecule has 0 aliphatic carbocycles. The SMILES string of the molecule is CCOC(=O)N1CCC(NC(=NCC(=O)N(C)C)NCC2CCCN2CC)CC1.I. The molecule has 0 aromatic rings. The molecule has 2 amide bonds. The second-order valence-corrected chi connectivity index (χ2v) is 7.86. The number of rotatable bonds is 7. The summed E-state index contributed by atoms with van der Waals surface area (Å²) in [6.07, 6.45) is 3.82. The van der Waals surface area contributed by atoms with Crippen LogP contribution in [-0.4, -0.2) is 105 Å². The summed E-state index contributed by atoms with van der Waals surface area (Å²) in [5, 5.41) is 6.91. The molecule has 2 heterocycles. The van der Waals surface area contributed by atoms with Gasteiger partial charge in [0.05, 0.1) is 6.61 Å². The van der Waals surface area contributed by atoms with Gasteiger partial charge in [0.1, 0.15) is 6.54 Å². The van der Waals surface area contributed by atoms with Crippen LogP contribution >= 0.6 is 24.0 Å². The number of carbonyl (C=O) groups excluding carboxylic acids is 2. The van der Waals surface area contributed by atoms with Gasteiger partial charge in [-0.3, -0.25) is 9.69 Å². The molecule has 0 spiro atoms. The van der Waals surface area contributed by atoms with Crippen molar-refractivity contribution < 1.29 is 14.3 Å². The molecule has 1 atom stereocenters. The topological polar surface area (TPSA) is 89.5 Å². The second-order valence-electron chi connectivity index (χ2n) is 7.86. The maximum absolute atomic E-state index is 12.0. The third kappa shape index (κ3) is 8.44. The van der Waals surface area contributed by atoms with Gasteiger partial charge >= 0.3 is 6.09 Å². The van der Waals surface area contributed by atoms with Crippen molar-refractivity contribution in [3.05, 3.63) is 0 Å². The van der Waals surface area contributed by atoms with Crippen LogP contribution in [0.2, 0.25) is 0 Å². The van der Waals surface area contributed by atoms with Crippen molar-refractivity contribution in [3.8, 4) is 0 Å². The zero-order chi connectivity index (χ0) is 21.2. The lowest BCUT2D eigenvalue weighted by molar-refractivity contribution is -0.127. The third-order valence-electron chi connectivity index (χ3n) is 5.64. The minimum Gasteiger partial charge on any atom is -0.450 e. The lowest BCUT2D eigenvalue weighted by Crippen LogP contribution is -2.51. The number of likely N-dealkylation sites (tertiary alicyclic amines) is 2. The van der Waals surface area contributed by atoms with Crippen LogP contribution in [0.5, 0.6) is 0 Å². The molecule has 30 heavy (non-hydrogen) atoms. The van der Waals surface area contributed by atoms with Crippen LogP contribution in [-0.2, 0) is 9.53 Å². The molecule has 2 aliphatic heterocycles. The number of piperidine rings is 1. The summed E-state index contributed by atoms with van der Waals surface area (Å²) in [6, 6.07) is 0.717. The van der Waals surface area contributed by atoms with Gasteiger partial charge in [-0.2, -0.15) is 0 Å². The van der Waals surface area contributed by atoms with E-state index in [4.69, 9.17) is 4.74 Å². The Labute approximate surface area is 198 Å². The van der Waals surface area contributed by atoms with Gasteiger partial charge in [0, 0.05) is 45.8 Å². The smallest absolute Gasteiger partial charge is 0.409 e. The Hall–Kier alpha value is -1.30. The molecular weight excluding hydrogens is 499 g/mol. The largest absolute Gasteiger partial charge is 0.450 e. The normalized spacial score (nSPS) is 20.5. The van der Waals surface area contributed by atoms with Crippen LogP contribution in [0.4, 0.5) is 4.79 Å². The highest BCUT2D eigenvalue weighted by Crippen LogP contribution is 2.16.